The van der Waals surface area contributed by atoms with Gasteiger partial charge in [0, 0.05) is 6.04 Å². The Bertz CT molecular complexity index is 1410. The first-order chi connectivity index (χ1) is 27.6. The molecule has 0 aromatic carbocycles. The van der Waals surface area contributed by atoms with Gasteiger partial charge in [-0.1, -0.05) is 124 Å². The standard InChI is InChI=1S/C48H101NO9Si4/c1-26-34(3)38(28-36(31-42(51)52)56-60(20,21)45(8,9)10)49-41(50)30-37(57-61(22,23)46(11,12)13)29-39(35(4)27-2)55-48(17)33-53-40(32-54-59(18,19)44(5,6)7)43(48)58-62(24,25)47(14,15)16/h34-40,43H,26-33H2,1-25H3,(H,49,50)(H,51,52)/t34-,35-,36-,37-,38-,39-,40+,43?,48?/m0/s1. The van der Waals surface area contributed by atoms with E-state index in [1.807, 2.05) is 0 Å². The number of carbonyl (C=O) groups is 2. The molecule has 0 aliphatic carbocycles. The first-order valence-corrected chi connectivity index (χ1v) is 35.7. The summed E-state index contributed by atoms with van der Waals surface area (Å²) in [4.78, 5) is 26.6. The van der Waals surface area contributed by atoms with Gasteiger partial charge in [0.05, 0.1) is 44.4 Å². The van der Waals surface area contributed by atoms with Gasteiger partial charge >= 0.3 is 5.97 Å². The van der Waals surface area contributed by atoms with Crippen LogP contribution in [0.25, 0.3) is 0 Å². The average Bonchev–Trinajstić information content (AvgIpc) is 3.36. The molecule has 0 aromatic rings. The van der Waals surface area contributed by atoms with Crippen molar-refractivity contribution in [3.63, 3.8) is 0 Å². The van der Waals surface area contributed by atoms with Crippen molar-refractivity contribution < 1.29 is 41.9 Å². The second-order valence-corrected chi connectivity index (χ2v) is 44.5. The quantitative estimate of drug-likeness (QED) is 0.0911. The molecule has 1 heterocycles. The summed E-state index contributed by atoms with van der Waals surface area (Å²) in [5, 5.41) is 13.2. The Morgan fingerprint density at radius 2 is 1.13 bits per heavy atom. The predicted molar refractivity (Wildman–Crippen MR) is 269 cm³/mol. The molecule has 14 heteroatoms. The van der Waals surface area contributed by atoms with Crippen molar-refractivity contribution in [3.8, 4) is 0 Å². The second-order valence-electron chi connectivity index (χ2n) is 25.4. The lowest BCUT2D eigenvalue weighted by atomic mass is 9.91. The highest BCUT2D eigenvalue weighted by molar-refractivity contribution is 6.75. The van der Waals surface area contributed by atoms with Crippen molar-refractivity contribution in [3.05, 3.63) is 0 Å². The summed E-state index contributed by atoms with van der Waals surface area (Å²) in [5.74, 6) is -0.716. The van der Waals surface area contributed by atoms with Crippen molar-refractivity contribution in [1.29, 1.82) is 0 Å². The molecule has 10 nitrogen and oxygen atoms in total. The molecule has 1 rings (SSSR count). The zero-order valence-corrected chi connectivity index (χ0v) is 49.0. The zero-order chi connectivity index (χ0) is 48.9. The summed E-state index contributed by atoms with van der Waals surface area (Å²) in [6.45, 7) is 56.4. The van der Waals surface area contributed by atoms with Crippen LogP contribution in [-0.2, 0) is 36.8 Å². The molecule has 0 radical (unpaired) electrons. The number of carboxylic acid groups (broad SMARTS) is 1. The van der Waals surface area contributed by atoms with E-state index in [-0.39, 0.29) is 75.1 Å². The van der Waals surface area contributed by atoms with Gasteiger partial charge in [0.15, 0.2) is 33.3 Å². The highest BCUT2D eigenvalue weighted by atomic mass is 28.4. The first-order valence-electron chi connectivity index (χ1n) is 24.0. The Morgan fingerprint density at radius 1 is 0.694 bits per heavy atom. The number of nitrogens with one attached hydrogen (secondary N) is 1. The molecule has 2 N–H and O–H groups in total. The summed E-state index contributed by atoms with van der Waals surface area (Å²) in [6.07, 6.45) is 0.962. The lowest BCUT2D eigenvalue weighted by molar-refractivity contribution is -0.149. The van der Waals surface area contributed by atoms with Crippen molar-refractivity contribution in [2.45, 2.75) is 271 Å². The molecule has 1 aliphatic rings. The van der Waals surface area contributed by atoms with Crippen molar-refractivity contribution in [2.24, 2.45) is 11.8 Å². The minimum Gasteiger partial charge on any atom is -0.481 e. The summed E-state index contributed by atoms with van der Waals surface area (Å²) < 4.78 is 42.2. The Morgan fingerprint density at radius 3 is 1.53 bits per heavy atom. The van der Waals surface area contributed by atoms with E-state index < -0.39 is 57.0 Å². The van der Waals surface area contributed by atoms with Gasteiger partial charge in [0.2, 0.25) is 5.91 Å². The molecule has 9 atom stereocenters. The third-order valence-corrected chi connectivity index (χ3v) is 33.9. The number of carbonyl (C=O) groups excluding carboxylic acids is 1. The molecule has 1 aliphatic heterocycles. The van der Waals surface area contributed by atoms with Crippen LogP contribution in [0.15, 0.2) is 0 Å². The number of carboxylic acids is 1. The van der Waals surface area contributed by atoms with E-state index in [2.05, 4.69) is 175 Å². The largest absolute Gasteiger partial charge is 0.481 e. The number of hydrogen-bond acceptors (Lipinski definition) is 8. The average molecular weight is 949 g/mol. The van der Waals surface area contributed by atoms with E-state index in [1.54, 1.807) is 0 Å². The van der Waals surface area contributed by atoms with E-state index in [4.69, 9.17) is 27.2 Å². The van der Waals surface area contributed by atoms with E-state index >= 15 is 0 Å². The highest BCUT2D eigenvalue weighted by Gasteiger charge is 2.55. The van der Waals surface area contributed by atoms with Crippen LogP contribution in [0, 0.1) is 11.8 Å². The maximum Gasteiger partial charge on any atom is 0.305 e. The molecule has 62 heavy (non-hydrogen) atoms. The number of ether oxygens (including phenoxy) is 2. The molecule has 0 saturated carbocycles. The van der Waals surface area contributed by atoms with Gasteiger partial charge in [-0.25, -0.2) is 0 Å². The minimum atomic E-state index is -2.36. The molecule has 0 bridgehead atoms. The molecule has 2 unspecified atom stereocenters. The Labute approximate surface area is 386 Å². The van der Waals surface area contributed by atoms with Gasteiger partial charge < -0.3 is 37.6 Å². The van der Waals surface area contributed by atoms with Gasteiger partial charge in [0.1, 0.15) is 17.8 Å². The molecular weight excluding hydrogens is 847 g/mol. The lowest BCUT2D eigenvalue weighted by Crippen LogP contribution is -2.56. The van der Waals surface area contributed by atoms with Crippen LogP contribution in [0.3, 0.4) is 0 Å². The van der Waals surface area contributed by atoms with Crippen molar-refractivity contribution in [2.75, 3.05) is 13.2 Å². The fourth-order valence-electron chi connectivity index (χ4n) is 6.74. The third kappa shape index (κ3) is 17.0. The van der Waals surface area contributed by atoms with Gasteiger partial charge in [-0.3, -0.25) is 9.59 Å². The predicted octanol–water partition coefficient (Wildman–Crippen LogP) is 12.9. The highest BCUT2D eigenvalue weighted by Crippen LogP contribution is 2.45. The molecule has 1 saturated heterocycles. The fraction of sp³-hybridized carbons (Fsp3) is 0.958. The maximum absolute atomic E-state index is 14.5. The number of aliphatic carboxylic acids is 1. The van der Waals surface area contributed by atoms with Crippen LogP contribution in [-0.4, -0.2) is 106 Å². The summed E-state index contributed by atoms with van der Waals surface area (Å²) >= 11 is 0. The van der Waals surface area contributed by atoms with Crippen molar-refractivity contribution in [1.82, 2.24) is 5.32 Å². The van der Waals surface area contributed by atoms with Gasteiger partial charge in [0.25, 0.3) is 0 Å². The van der Waals surface area contributed by atoms with Gasteiger partial charge in [-0.05, 0) is 104 Å². The van der Waals surface area contributed by atoms with Crippen LogP contribution in [0.1, 0.15) is 156 Å². The number of amides is 1. The molecule has 0 spiro atoms. The summed E-state index contributed by atoms with van der Waals surface area (Å²) in [7, 11) is -9.03. The zero-order valence-electron chi connectivity index (χ0n) is 45.0. The lowest BCUT2D eigenvalue weighted by Gasteiger charge is -2.45. The second kappa shape index (κ2) is 22.1. The number of rotatable bonds is 24. The van der Waals surface area contributed by atoms with E-state index in [1.165, 1.54) is 0 Å². The Balaban J connectivity index is 3.69. The SMILES string of the molecule is CC[C@H](C)[C@H](C[C@@H](CC(=O)O)O[Si](C)(C)C(C)(C)C)NC(=O)C[C@H](C[C@H](OC1(C)CO[C@H](CO[Si](C)(C)C(C)(C)C)C1O[Si](C)(C)C(C)(C)C)[C@@H](C)CC)O[Si](C)(C)C(C)(C)C. The smallest absolute Gasteiger partial charge is 0.305 e. The Hall–Kier alpha value is -0.432. The molecule has 1 amide bonds. The molecule has 0 aromatic heterocycles. The first kappa shape index (κ1) is 59.6. The van der Waals surface area contributed by atoms with E-state index in [0.717, 1.165) is 12.8 Å². The molecule has 368 valence electrons. The van der Waals surface area contributed by atoms with Crippen molar-refractivity contribution >= 4 is 45.1 Å². The van der Waals surface area contributed by atoms with Crippen LogP contribution < -0.4 is 5.32 Å². The van der Waals surface area contributed by atoms with E-state index in [0.29, 0.717) is 26.1 Å². The van der Waals surface area contributed by atoms with Gasteiger partial charge in [-0.2, -0.15) is 0 Å². The molecule has 1 fully saturated rings. The van der Waals surface area contributed by atoms with Gasteiger partial charge in [-0.15, -0.1) is 0 Å². The van der Waals surface area contributed by atoms with Crippen LogP contribution in [0.4, 0.5) is 0 Å². The topological polar surface area (TPSA) is 122 Å². The summed E-state index contributed by atoms with van der Waals surface area (Å²) in [5.41, 5.74) is -0.764. The minimum absolute atomic E-state index is 0.0233. The monoisotopic (exact) mass is 948 g/mol. The van der Waals surface area contributed by atoms with Crippen LogP contribution >= 0.6 is 0 Å². The Kier molecular flexibility index (Phi) is 21.3. The third-order valence-electron chi connectivity index (χ3n) is 15.9. The van der Waals surface area contributed by atoms with Crippen LogP contribution in [0.5, 0.6) is 0 Å². The normalized spacial score (nSPS) is 23.1. The fourth-order valence-corrected chi connectivity index (χ4v) is 11.9. The maximum atomic E-state index is 14.5. The van der Waals surface area contributed by atoms with E-state index in [9.17, 15) is 14.7 Å². The molecular formula is C48H101NO9Si4. The number of hydrogen-bond donors (Lipinski definition) is 2. The van der Waals surface area contributed by atoms with Crippen LogP contribution in [0.2, 0.25) is 72.5 Å². The summed E-state index contributed by atoms with van der Waals surface area (Å²) in [6, 6.07) is -0.259.